The molecular formula is C17H20N2O2. The lowest BCUT2D eigenvalue weighted by atomic mass is 9.67. The first-order valence-corrected chi connectivity index (χ1v) is 7.50. The van der Waals surface area contributed by atoms with Crippen LogP contribution >= 0.6 is 0 Å². The molecule has 1 aliphatic carbocycles. The van der Waals surface area contributed by atoms with E-state index in [2.05, 4.69) is 17.2 Å². The molecular weight excluding hydrogens is 264 g/mol. The van der Waals surface area contributed by atoms with E-state index < -0.39 is 5.97 Å². The smallest absolute Gasteiger partial charge is 0.337 e. The maximum absolute atomic E-state index is 11.3. The van der Waals surface area contributed by atoms with Gasteiger partial charge in [-0.1, -0.05) is 37.6 Å². The van der Waals surface area contributed by atoms with Gasteiger partial charge in [0.15, 0.2) is 0 Å². The van der Waals surface area contributed by atoms with E-state index in [-0.39, 0.29) is 5.56 Å². The fraction of sp³-hybridized carbons (Fsp3) is 0.412. The number of anilines is 1. The van der Waals surface area contributed by atoms with E-state index in [1.54, 1.807) is 0 Å². The summed E-state index contributed by atoms with van der Waals surface area (Å²) < 4.78 is 0. The number of aromatic carboxylic acids is 1. The molecule has 0 atom stereocenters. The fourth-order valence-electron chi connectivity index (χ4n) is 3.11. The summed E-state index contributed by atoms with van der Waals surface area (Å²) in [5.74, 6) is -0.149. The maximum Gasteiger partial charge on any atom is 0.337 e. The number of nitrogens with one attached hydrogen (secondary N) is 1. The number of carbonyl (C=O) groups is 1. The van der Waals surface area contributed by atoms with Crippen LogP contribution in [0.2, 0.25) is 0 Å². The monoisotopic (exact) mass is 284 g/mol. The molecule has 1 aliphatic rings. The zero-order valence-corrected chi connectivity index (χ0v) is 12.2. The van der Waals surface area contributed by atoms with Gasteiger partial charge >= 0.3 is 5.97 Å². The summed E-state index contributed by atoms with van der Waals surface area (Å²) in [6, 6.07) is 7.54. The number of nitrogens with zero attached hydrogens (tertiary/aromatic N) is 1. The molecule has 0 unspecified atom stereocenters. The number of rotatable bonds is 5. The van der Waals surface area contributed by atoms with Gasteiger partial charge in [-0.15, -0.1) is 0 Å². The molecule has 2 aromatic rings. The summed E-state index contributed by atoms with van der Waals surface area (Å²) in [4.78, 5) is 15.6. The Morgan fingerprint density at radius 3 is 2.62 bits per heavy atom. The van der Waals surface area contributed by atoms with Gasteiger partial charge in [-0.3, -0.25) is 0 Å². The molecule has 4 nitrogen and oxygen atoms in total. The first-order valence-electron chi connectivity index (χ1n) is 7.50. The SMILES string of the molecule is CCC1(CNc2ncc(C(=O)O)c3ccccc23)CCC1. The third kappa shape index (κ3) is 2.46. The van der Waals surface area contributed by atoms with E-state index in [4.69, 9.17) is 0 Å². The Bertz CT molecular complexity index is 672. The van der Waals surface area contributed by atoms with Crippen LogP contribution in [0.3, 0.4) is 0 Å². The molecule has 1 fully saturated rings. The molecule has 0 saturated heterocycles. The zero-order valence-electron chi connectivity index (χ0n) is 12.2. The molecule has 1 aromatic heterocycles. The highest BCUT2D eigenvalue weighted by Crippen LogP contribution is 2.43. The van der Waals surface area contributed by atoms with Crippen LogP contribution in [0.1, 0.15) is 43.0 Å². The quantitative estimate of drug-likeness (QED) is 0.873. The van der Waals surface area contributed by atoms with Crippen LogP contribution in [-0.4, -0.2) is 22.6 Å². The lowest BCUT2D eigenvalue weighted by molar-refractivity contribution is 0.0698. The van der Waals surface area contributed by atoms with Crippen LogP contribution in [0.25, 0.3) is 10.8 Å². The van der Waals surface area contributed by atoms with Gasteiger partial charge in [0.05, 0.1) is 5.56 Å². The first kappa shape index (κ1) is 13.9. The lowest BCUT2D eigenvalue weighted by Crippen LogP contribution is -2.36. The summed E-state index contributed by atoms with van der Waals surface area (Å²) in [6.07, 6.45) is 6.46. The molecule has 3 rings (SSSR count). The van der Waals surface area contributed by atoms with E-state index >= 15 is 0 Å². The Kier molecular flexibility index (Phi) is 3.53. The van der Waals surface area contributed by atoms with Gasteiger partial charge in [-0.2, -0.15) is 0 Å². The summed E-state index contributed by atoms with van der Waals surface area (Å²) in [5, 5.41) is 14.3. The highest BCUT2D eigenvalue weighted by molar-refractivity contribution is 6.06. The average Bonchev–Trinajstić information content (AvgIpc) is 2.46. The zero-order chi connectivity index (χ0) is 14.9. The highest BCUT2D eigenvalue weighted by Gasteiger charge is 2.34. The average molecular weight is 284 g/mol. The van der Waals surface area contributed by atoms with Crippen molar-refractivity contribution < 1.29 is 9.90 Å². The van der Waals surface area contributed by atoms with Crippen LogP contribution in [0.5, 0.6) is 0 Å². The van der Waals surface area contributed by atoms with Crippen molar-refractivity contribution in [2.75, 3.05) is 11.9 Å². The largest absolute Gasteiger partial charge is 0.478 e. The summed E-state index contributed by atoms with van der Waals surface area (Å²) in [6.45, 7) is 3.15. The molecule has 1 heterocycles. The van der Waals surface area contributed by atoms with E-state index in [0.717, 1.165) is 23.1 Å². The van der Waals surface area contributed by atoms with Crippen LogP contribution in [0.15, 0.2) is 30.5 Å². The summed E-state index contributed by atoms with van der Waals surface area (Å²) in [5.41, 5.74) is 0.652. The normalized spacial score (nSPS) is 16.4. The number of aromatic nitrogens is 1. The van der Waals surface area contributed by atoms with Crippen molar-refractivity contribution in [3.63, 3.8) is 0 Å². The Morgan fingerprint density at radius 1 is 1.33 bits per heavy atom. The molecule has 110 valence electrons. The minimum absolute atomic E-state index is 0.255. The Hall–Kier alpha value is -2.10. The van der Waals surface area contributed by atoms with E-state index in [9.17, 15) is 9.90 Å². The van der Waals surface area contributed by atoms with Crippen LogP contribution in [-0.2, 0) is 0 Å². The van der Waals surface area contributed by atoms with Crippen molar-refractivity contribution in [1.29, 1.82) is 0 Å². The topological polar surface area (TPSA) is 62.2 Å². The number of benzene rings is 1. The molecule has 1 saturated carbocycles. The molecule has 21 heavy (non-hydrogen) atoms. The molecule has 0 radical (unpaired) electrons. The van der Waals surface area contributed by atoms with Crippen LogP contribution in [0, 0.1) is 5.41 Å². The van der Waals surface area contributed by atoms with Crippen LogP contribution < -0.4 is 5.32 Å². The van der Waals surface area contributed by atoms with E-state index in [0.29, 0.717) is 5.41 Å². The molecule has 0 amide bonds. The van der Waals surface area contributed by atoms with Gasteiger partial charge in [-0.25, -0.2) is 9.78 Å². The first-order chi connectivity index (χ1) is 10.2. The molecule has 4 heteroatoms. The van der Waals surface area contributed by atoms with Crippen molar-refractivity contribution in [2.45, 2.75) is 32.6 Å². The molecule has 0 bridgehead atoms. The van der Waals surface area contributed by atoms with E-state index in [1.807, 2.05) is 24.3 Å². The fourth-order valence-corrected chi connectivity index (χ4v) is 3.11. The van der Waals surface area contributed by atoms with Crippen molar-refractivity contribution in [1.82, 2.24) is 4.98 Å². The lowest BCUT2D eigenvalue weighted by Gasteiger charge is -2.41. The highest BCUT2D eigenvalue weighted by atomic mass is 16.4. The van der Waals surface area contributed by atoms with Gasteiger partial charge in [0.25, 0.3) is 0 Å². The second kappa shape index (κ2) is 5.35. The van der Waals surface area contributed by atoms with Crippen molar-refractivity contribution in [3.05, 3.63) is 36.0 Å². The van der Waals surface area contributed by atoms with Gasteiger partial charge in [-0.05, 0) is 24.7 Å². The molecule has 0 aliphatic heterocycles. The molecule has 2 N–H and O–H groups in total. The van der Waals surface area contributed by atoms with Gasteiger partial charge in [0.2, 0.25) is 0 Å². The minimum Gasteiger partial charge on any atom is -0.478 e. The van der Waals surface area contributed by atoms with Gasteiger partial charge in [0.1, 0.15) is 5.82 Å². The number of carboxylic acid groups (broad SMARTS) is 1. The van der Waals surface area contributed by atoms with Gasteiger partial charge in [0, 0.05) is 23.5 Å². The third-order valence-electron chi connectivity index (χ3n) is 4.82. The van der Waals surface area contributed by atoms with Gasteiger partial charge < -0.3 is 10.4 Å². The number of pyridine rings is 1. The van der Waals surface area contributed by atoms with Crippen LogP contribution in [0.4, 0.5) is 5.82 Å². The Balaban J connectivity index is 1.93. The van der Waals surface area contributed by atoms with Crippen molar-refractivity contribution in [2.24, 2.45) is 5.41 Å². The number of carboxylic acids is 1. The minimum atomic E-state index is -0.936. The van der Waals surface area contributed by atoms with Crippen molar-refractivity contribution >= 4 is 22.6 Å². The Labute approximate surface area is 124 Å². The summed E-state index contributed by atoms with van der Waals surface area (Å²) in [7, 11) is 0. The second-order valence-electron chi connectivity index (χ2n) is 5.93. The van der Waals surface area contributed by atoms with Crippen molar-refractivity contribution in [3.8, 4) is 0 Å². The standard InChI is InChI=1S/C17H20N2O2/c1-2-17(8-5-9-17)11-19-15-13-7-4-3-6-12(13)14(10-18-15)16(20)21/h3-4,6-7,10H,2,5,8-9,11H2,1H3,(H,18,19)(H,20,21). The number of hydrogen-bond acceptors (Lipinski definition) is 3. The summed E-state index contributed by atoms with van der Waals surface area (Å²) >= 11 is 0. The van der Waals surface area contributed by atoms with E-state index in [1.165, 1.54) is 31.9 Å². The third-order valence-corrected chi connectivity index (χ3v) is 4.82. The number of hydrogen-bond donors (Lipinski definition) is 2. The molecule has 0 spiro atoms. The second-order valence-corrected chi connectivity index (χ2v) is 5.93. The Morgan fingerprint density at radius 2 is 2.05 bits per heavy atom. The molecule has 1 aromatic carbocycles. The maximum atomic E-state index is 11.3. The number of fused-ring (bicyclic) bond motifs is 1. The predicted molar refractivity (Wildman–Crippen MR) is 83.8 cm³/mol. The predicted octanol–water partition coefficient (Wildman–Crippen LogP) is 3.93.